The van der Waals surface area contributed by atoms with Gasteiger partial charge in [0.15, 0.2) is 16.8 Å². The van der Waals surface area contributed by atoms with Crippen LogP contribution in [0, 0.1) is 0 Å². The van der Waals surface area contributed by atoms with Crippen molar-refractivity contribution in [2.24, 2.45) is 0 Å². The number of fused-ring (bicyclic) bond motifs is 2. The van der Waals surface area contributed by atoms with E-state index in [-0.39, 0.29) is 49.3 Å². The molecule has 0 aliphatic carbocycles. The highest BCUT2D eigenvalue weighted by Crippen LogP contribution is 2.54. The summed E-state index contributed by atoms with van der Waals surface area (Å²) in [6, 6.07) is 0. The fraction of sp³-hybridized carbons (Fsp3) is 0.421. The predicted octanol–water partition coefficient (Wildman–Crippen LogP) is 1.49. The maximum Gasteiger partial charge on any atom is 0.364 e. The quantitative estimate of drug-likeness (QED) is 0.102. The first-order valence-electron chi connectivity index (χ1n) is 11.6. The SMILES string of the molecule is Nc1nc2c(ncn2[C@@H]2S[C@H](COP)[C@@H](F)[C@H]2OP(O)(=S)OCc2nc3cncnc3n2CCOC(=O)S)c(=O)[nH]1. The van der Waals surface area contributed by atoms with Crippen molar-refractivity contribution >= 4 is 86.0 Å². The van der Waals surface area contributed by atoms with Gasteiger partial charge in [0.25, 0.3) is 5.56 Å². The lowest BCUT2D eigenvalue weighted by atomic mass is 10.1. The number of hydrogen-bond acceptors (Lipinski definition) is 14. The first-order chi connectivity index (χ1) is 19.6. The maximum absolute atomic E-state index is 15.7. The van der Waals surface area contributed by atoms with Gasteiger partial charge in [-0.05, 0) is 11.8 Å². The fourth-order valence-corrected chi connectivity index (χ4v) is 7.53. The molecule has 2 unspecified atom stereocenters. The number of halogens is 1. The minimum absolute atomic E-state index is 0.00722. The van der Waals surface area contributed by atoms with Crippen LogP contribution in [0.2, 0.25) is 0 Å². The number of nitrogen functional groups attached to an aromatic ring is 1. The predicted molar refractivity (Wildman–Crippen MR) is 155 cm³/mol. The molecule has 0 aromatic carbocycles. The number of anilines is 1. The zero-order valence-electron chi connectivity index (χ0n) is 20.6. The third-order valence-electron chi connectivity index (χ3n) is 5.89. The van der Waals surface area contributed by atoms with E-state index >= 15 is 4.39 Å². The monoisotopic (exact) mass is 665 g/mol. The van der Waals surface area contributed by atoms with Gasteiger partial charge in [-0.25, -0.2) is 29.1 Å². The van der Waals surface area contributed by atoms with Crippen LogP contribution in [0.25, 0.3) is 22.3 Å². The van der Waals surface area contributed by atoms with Gasteiger partial charge in [0, 0.05) is 9.47 Å². The third kappa shape index (κ3) is 6.55. The molecular weight excluding hydrogens is 643 g/mol. The molecule has 4 aromatic heterocycles. The molecule has 5 heterocycles. The van der Waals surface area contributed by atoms with Crippen LogP contribution in [-0.4, -0.2) is 80.0 Å². The van der Waals surface area contributed by atoms with Crippen molar-refractivity contribution in [1.29, 1.82) is 0 Å². The Bertz CT molecular complexity index is 1690. The molecule has 220 valence electrons. The summed E-state index contributed by atoms with van der Waals surface area (Å²) in [6.45, 7) is -4.37. The first-order valence-corrected chi connectivity index (χ1v) is 16.0. The molecule has 22 heteroatoms. The van der Waals surface area contributed by atoms with E-state index < -0.39 is 40.5 Å². The van der Waals surface area contributed by atoms with Gasteiger partial charge in [-0.2, -0.15) is 4.98 Å². The van der Waals surface area contributed by atoms with Gasteiger partial charge in [-0.1, -0.05) is 12.6 Å². The van der Waals surface area contributed by atoms with Gasteiger partial charge in [0.2, 0.25) is 5.95 Å². The highest BCUT2D eigenvalue weighted by atomic mass is 32.5. The Morgan fingerprint density at radius 3 is 2.93 bits per heavy atom. The number of nitrogens with zero attached hydrogens (tertiary/aromatic N) is 7. The molecule has 6 atom stereocenters. The smallest absolute Gasteiger partial charge is 0.364 e. The molecule has 1 aliphatic rings. The van der Waals surface area contributed by atoms with Crippen molar-refractivity contribution in [1.82, 2.24) is 39.0 Å². The summed E-state index contributed by atoms with van der Waals surface area (Å²) in [4.78, 5) is 57.5. The number of thiol groups is 1. The number of aromatic nitrogens is 8. The number of nitrogens with two attached hydrogens (primary N) is 1. The van der Waals surface area contributed by atoms with E-state index in [1.54, 1.807) is 4.57 Å². The summed E-state index contributed by atoms with van der Waals surface area (Å²) in [5.74, 6) is 0.115. The minimum Gasteiger partial charge on any atom is -0.456 e. The van der Waals surface area contributed by atoms with Crippen molar-refractivity contribution in [3.8, 4) is 0 Å². The number of carbonyl (C=O) groups excluding carboxylic acids is 1. The number of carbonyl (C=O) groups is 1. The molecule has 0 bridgehead atoms. The lowest BCUT2D eigenvalue weighted by molar-refractivity contribution is 0.0616. The average Bonchev–Trinajstić information content (AvgIpc) is 3.58. The van der Waals surface area contributed by atoms with Crippen LogP contribution >= 0.6 is 40.6 Å². The standard InChI is InChI=1S/C19H22FN9O7P2S3/c20-11-9(4-34-37)41-17(29-7-24-12-15(29)26-18(21)27-16(12)30)13(11)36-38(32,40)35-5-10-25-8-3-22-6-23-14(8)28(10)1-2-33-19(31)39/h3,6-7,9,11,13,17H,1-2,4-5,37H2,(H,31,39)(H,32,40)(H3,21,26,27,30)/t9-,11-,13-,17-,38?/m1/s1. The number of alkyl halides is 1. The molecular formula is C19H22FN9O7P2S3. The van der Waals surface area contributed by atoms with E-state index in [1.807, 2.05) is 0 Å². The Morgan fingerprint density at radius 1 is 1.37 bits per heavy atom. The molecule has 5 rings (SSSR count). The fourth-order valence-electron chi connectivity index (χ4n) is 4.21. The summed E-state index contributed by atoms with van der Waals surface area (Å²) in [6.07, 6.45) is 1.08. The zero-order valence-corrected chi connectivity index (χ0v) is 25.2. The van der Waals surface area contributed by atoms with E-state index in [4.69, 9.17) is 35.8 Å². The molecule has 0 amide bonds. The molecule has 0 saturated carbocycles. The maximum atomic E-state index is 15.7. The number of imidazole rings is 2. The average molecular weight is 666 g/mol. The zero-order chi connectivity index (χ0) is 29.3. The van der Waals surface area contributed by atoms with Crippen molar-refractivity contribution in [3.05, 3.63) is 35.0 Å². The van der Waals surface area contributed by atoms with Gasteiger partial charge < -0.3 is 29.0 Å². The summed E-state index contributed by atoms with van der Waals surface area (Å²) in [7, 11) is 2.06. The Hall–Kier alpha value is -2.28. The Balaban J connectivity index is 1.39. The van der Waals surface area contributed by atoms with Crippen molar-refractivity contribution in [2.45, 2.75) is 36.1 Å². The van der Waals surface area contributed by atoms with E-state index in [0.29, 0.717) is 11.2 Å². The number of ether oxygens (including phenoxy) is 1. The Morgan fingerprint density at radius 2 is 2.17 bits per heavy atom. The molecule has 16 nitrogen and oxygen atoms in total. The molecule has 0 spiro atoms. The second kappa shape index (κ2) is 12.5. The van der Waals surface area contributed by atoms with Crippen molar-refractivity contribution < 1.29 is 32.4 Å². The van der Waals surface area contributed by atoms with Crippen LogP contribution in [0.3, 0.4) is 0 Å². The summed E-state index contributed by atoms with van der Waals surface area (Å²) in [5, 5.41) is -2.36. The van der Waals surface area contributed by atoms with E-state index in [1.165, 1.54) is 23.4 Å². The summed E-state index contributed by atoms with van der Waals surface area (Å²) >= 11 is 9.96. The molecule has 1 aliphatic heterocycles. The number of hydrogen-bond donors (Lipinski definition) is 4. The van der Waals surface area contributed by atoms with Gasteiger partial charge in [-0.3, -0.25) is 18.9 Å². The first kappa shape index (κ1) is 30.2. The lowest BCUT2D eigenvalue weighted by Crippen LogP contribution is -2.32. The Labute approximate surface area is 246 Å². The summed E-state index contributed by atoms with van der Waals surface area (Å²) in [5.41, 5.74) is 6.07. The van der Waals surface area contributed by atoms with Crippen LogP contribution in [0.15, 0.2) is 23.6 Å². The molecule has 4 N–H and O–H groups in total. The van der Waals surface area contributed by atoms with Crippen molar-refractivity contribution in [2.75, 3.05) is 18.9 Å². The number of H-pyrrole nitrogens is 1. The van der Waals surface area contributed by atoms with Gasteiger partial charge in [-0.15, -0.1) is 11.8 Å². The molecule has 4 aromatic rings. The Kier molecular flexibility index (Phi) is 9.22. The molecule has 0 radical (unpaired) electrons. The minimum atomic E-state index is -4.11. The molecule has 41 heavy (non-hydrogen) atoms. The van der Waals surface area contributed by atoms with Gasteiger partial charge >= 0.3 is 12.0 Å². The molecule has 1 saturated heterocycles. The van der Waals surface area contributed by atoms with E-state index in [0.717, 1.165) is 11.8 Å². The van der Waals surface area contributed by atoms with E-state index in [2.05, 4.69) is 52.0 Å². The molecule has 1 fully saturated rings. The highest BCUT2D eigenvalue weighted by molar-refractivity contribution is 8.07. The van der Waals surface area contributed by atoms with Crippen LogP contribution < -0.4 is 11.3 Å². The van der Waals surface area contributed by atoms with Gasteiger partial charge in [0.1, 0.15) is 48.5 Å². The highest BCUT2D eigenvalue weighted by Gasteiger charge is 2.49. The number of nitrogens with one attached hydrogen (secondary N) is 1. The van der Waals surface area contributed by atoms with Crippen LogP contribution in [-0.2, 0) is 43.3 Å². The van der Waals surface area contributed by atoms with Crippen LogP contribution in [0.5, 0.6) is 0 Å². The largest absolute Gasteiger partial charge is 0.456 e. The van der Waals surface area contributed by atoms with Crippen LogP contribution in [0.1, 0.15) is 11.2 Å². The number of rotatable bonds is 11. The van der Waals surface area contributed by atoms with E-state index in [9.17, 15) is 14.5 Å². The number of aromatic amines is 1. The summed E-state index contributed by atoms with van der Waals surface area (Å²) < 4.78 is 40.0. The normalized spacial score (nSPS) is 22.3. The number of thioether (sulfide) groups is 1. The van der Waals surface area contributed by atoms with Gasteiger partial charge in [0.05, 0.1) is 30.9 Å². The second-order valence-corrected chi connectivity index (χ2v) is 13.3. The lowest BCUT2D eigenvalue weighted by Gasteiger charge is -2.26. The third-order valence-corrected chi connectivity index (χ3v) is 9.27. The topological polar surface area (TPSA) is 207 Å². The van der Waals surface area contributed by atoms with Crippen molar-refractivity contribution in [3.63, 3.8) is 0 Å². The van der Waals surface area contributed by atoms with Crippen LogP contribution in [0.4, 0.5) is 15.1 Å². The second-order valence-electron chi connectivity index (χ2n) is 8.46.